The van der Waals surface area contributed by atoms with Crippen LogP contribution in [0.2, 0.25) is 0 Å². The molecule has 10 heteroatoms. The standard InChI is InChI=1S/C30H63N2O7P/c1-6-7-8-9-10-11-12-13-14-15-16-17-18-19-20-21-22-23-25-37-28-29(27-31-30(33)36-5)39-40(34,35)38-26-24-32(2,3)4/h29H,6-28H2,1-5H3,(H-,31,33,34,35). The molecule has 0 aromatic carbocycles. The number of alkyl carbamates (subject to hydrolysis) is 1. The highest BCUT2D eigenvalue weighted by atomic mass is 31.2. The molecule has 9 nitrogen and oxygen atoms in total. The summed E-state index contributed by atoms with van der Waals surface area (Å²) in [5.74, 6) is 0. The number of unbranched alkanes of at least 4 members (excludes halogenated alkanes) is 17. The Balaban J connectivity index is 3.80. The van der Waals surface area contributed by atoms with Gasteiger partial charge in [-0.3, -0.25) is 4.57 Å². The number of hydrogen-bond donors (Lipinski definition) is 1. The summed E-state index contributed by atoms with van der Waals surface area (Å²) in [7, 11) is 2.54. The minimum absolute atomic E-state index is 0.0155. The van der Waals surface area contributed by atoms with E-state index in [1.807, 2.05) is 21.1 Å². The fourth-order valence-electron chi connectivity index (χ4n) is 4.36. The van der Waals surface area contributed by atoms with E-state index in [4.69, 9.17) is 13.8 Å². The number of hydrogen-bond acceptors (Lipinski definition) is 7. The first-order valence-electron chi connectivity index (χ1n) is 15.9. The molecule has 0 aliphatic carbocycles. The summed E-state index contributed by atoms with van der Waals surface area (Å²) in [5.41, 5.74) is 0. The number of likely N-dealkylation sites (N-methyl/N-ethyl adjacent to an activating group) is 1. The zero-order valence-electron chi connectivity index (χ0n) is 26.6. The molecule has 1 N–H and O–H groups in total. The molecule has 0 heterocycles. The molecule has 40 heavy (non-hydrogen) atoms. The van der Waals surface area contributed by atoms with E-state index in [0.717, 1.165) is 12.8 Å². The lowest BCUT2D eigenvalue weighted by Gasteiger charge is -2.30. The zero-order chi connectivity index (χ0) is 30.0. The van der Waals surface area contributed by atoms with Crippen LogP contribution in [0.1, 0.15) is 122 Å². The summed E-state index contributed by atoms with van der Waals surface area (Å²) in [4.78, 5) is 23.6. The summed E-state index contributed by atoms with van der Waals surface area (Å²) < 4.78 is 33.1. The van der Waals surface area contributed by atoms with Crippen molar-refractivity contribution in [2.45, 2.75) is 129 Å². The molecule has 1 amide bonds. The highest BCUT2D eigenvalue weighted by molar-refractivity contribution is 7.45. The van der Waals surface area contributed by atoms with Gasteiger partial charge in [-0.05, 0) is 6.42 Å². The summed E-state index contributed by atoms with van der Waals surface area (Å²) in [6.07, 6.45) is 22.2. The van der Waals surface area contributed by atoms with Crippen molar-refractivity contribution in [3.05, 3.63) is 0 Å². The molecule has 0 rings (SSSR count). The van der Waals surface area contributed by atoms with E-state index in [1.54, 1.807) is 0 Å². The van der Waals surface area contributed by atoms with Gasteiger partial charge in [0.2, 0.25) is 0 Å². The van der Waals surface area contributed by atoms with E-state index >= 15 is 0 Å². The zero-order valence-corrected chi connectivity index (χ0v) is 27.5. The van der Waals surface area contributed by atoms with Crippen LogP contribution in [-0.4, -0.2) is 77.8 Å². The lowest BCUT2D eigenvalue weighted by Crippen LogP contribution is -2.39. The SMILES string of the molecule is CCCCCCCCCCCCCCCCCCCCOCC(CNC(=O)OC)OP(=O)([O-])OCC[N+](C)(C)C. The minimum Gasteiger partial charge on any atom is -0.756 e. The number of quaternary nitrogens is 1. The average Bonchev–Trinajstić information content (AvgIpc) is 2.89. The fraction of sp³-hybridized carbons (Fsp3) is 0.967. The van der Waals surface area contributed by atoms with Gasteiger partial charge in [0.25, 0.3) is 7.82 Å². The average molecular weight is 595 g/mol. The van der Waals surface area contributed by atoms with Gasteiger partial charge in [-0.2, -0.15) is 0 Å². The van der Waals surface area contributed by atoms with Gasteiger partial charge in [0.15, 0.2) is 0 Å². The number of phosphoric acid groups is 1. The van der Waals surface area contributed by atoms with E-state index in [0.29, 0.717) is 17.6 Å². The maximum Gasteiger partial charge on any atom is 0.406 e. The van der Waals surface area contributed by atoms with Crippen LogP contribution >= 0.6 is 7.82 Å². The Kier molecular flexibility index (Phi) is 25.5. The van der Waals surface area contributed by atoms with Crippen molar-refractivity contribution in [2.75, 3.05) is 61.2 Å². The quantitative estimate of drug-likeness (QED) is 0.0566. The second-order valence-corrected chi connectivity index (χ2v) is 13.3. The molecule has 0 aromatic heterocycles. The summed E-state index contributed by atoms with van der Waals surface area (Å²) in [5, 5.41) is 2.46. The lowest BCUT2D eigenvalue weighted by atomic mass is 10.0. The molecule has 240 valence electrons. The van der Waals surface area contributed by atoms with Crippen LogP contribution in [0.25, 0.3) is 0 Å². The lowest BCUT2D eigenvalue weighted by molar-refractivity contribution is -0.870. The van der Waals surface area contributed by atoms with Crippen molar-refractivity contribution >= 4 is 13.9 Å². The van der Waals surface area contributed by atoms with Gasteiger partial charge in [0.05, 0.1) is 34.9 Å². The molecule has 2 atom stereocenters. The third-order valence-electron chi connectivity index (χ3n) is 6.90. The number of phosphoric ester groups is 1. The number of nitrogens with zero attached hydrogens (tertiary/aromatic N) is 1. The first-order chi connectivity index (χ1) is 19.1. The molecule has 0 saturated carbocycles. The number of carbonyl (C=O) groups excluding carboxylic acids is 1. The van der Waals surface area contributed by atoms with Crippen LogP contribution in [0.4, 0.5) is 4.79 Å². The topological polar surface area (TPSA) is 106 Å². The Morgan fingerprint density at radius 3 is 1.65 bits per heavy atom. The Morgan fingerprint density at radius 2 is 1.23 bits per heavy atom. The first-order valence-corrected chi connectivity index (χ1v) is 17.4. The van der Waals surface area contributed by atoms with E-state index in [2.05, 4.69) is 17.0 Å². The Labute approximate surface area is 246 Å². The predicted octanol–water partition coefficient (Wildman–Crippen LogP) is 6.98. The van der Waals surface area contributed by atoms with Crippen molar-refractivity contribution in [1.82, 2.24) is 5.32 Å². The van der Waals surface area contributed by atoms with Gasteiger partial charge in [-0.1, -0.05) is 116 Å². The molecule has 0 spiro atoms. The van der Waals surface area contributed by atoms with Crippen LogP contribution in [0.5, 0.6) is 0 Å². The van der Waals surface area contributed by atoms with Crippen molar-refractivity contribution < 1.29 is 37.3 Å². The molecule has 0 fully saturated rings. The largest absolute Gasteiger partial charge is 0.756 e. The van der Waals surface area contributed by atoms with Gasteiger partial charge >= 0.3 is 6.09 Å². The summed E-state index contributed by atoms with van der Waals surface area (Å²) in [6.45, 7) is 3.29. The third kappa shape index (κ3) is 28.8. The number of rotatable bonds is 29. The minimum atomic E-state index is -4.53. The molecule has 0 aliphatic rings. The van der Waals surface area contributed by atoms with Crippen LogP contribution in [0, 0.1) is 0 Å². The Bertz CT molecular complexity index is 632. The molecule has 0 aliphatic heterocycles. The summed E-state index contributed by atoms with van der Waals surface area (Å²) in [6, 6.07) is 0. The number of methoxy groups -OCH3 is 1. The van der Waals surface area contributed by atoms with E-state index in [9.17, 15) is 14.3 Å². The van der Waals surface area contributed by atoms with Crippen LogP contribution in [0.15, 0.2) is 0 Å². The van der Waals surface area contributed by atoms with Gasteiger partial charge in [-0.15, -0.1) is 0 Å². The third-order valence-corrected chi connectivity index (χ3v) is 7.95. The Hall–Kier alpha value is -0.700. The van der Waals surface area contributed by atoms with Crippen molar-refractivity contribution in [3.63, 3.8) is 0 Å². The van der Waals surface area contributed by atoms with Crippen molar-refractivity contribution in [3.8, 4) is 0 Å². The fourth-order valence-corrected chi connectivity index (χ4v) is 5.22. The molecule has 2 unspecified atom stereocenters. The predicted molar refractivity (Wildman–Crippen MR) is 161 cm³/mol. The van der Waals surface area contributed by atoms with Gasteiger partial charge in [0, 0.05) is 13.2 Å². The van der Waals surface area contributed by atoms with Crippen molar-refractivity contribution in [2.24, 2.45) is 0 Å². The van der Waals surface area contributed by atoms with Gasteiger partial charge in [-0.25, -0.2) is 4.79 Å². The maximum absolute atomic E-state index is 12.2. The van der Waals surface area contributed by atoms with Crippen LogP contribution in [-0.2, 0) is 23.1 Å². The van der Waals surface area contributed by atoms with Gasteiger partial charge < -0.3 is 33.2 Å². The van der Waals surface area contributed by atoms with Crippen LogP contribution < -0.4 is 10.2 Å². The maximum atomic E-state index is 12.2. The van der Waals surface area contributed by atoms with Gasteiger partial charge in [0.1, 0.15) is 19.3 Å². The number of amides is 1. The number of nitrogens with one attached hydrogen (secondary N) is 1. The normalized spacial score (nSPS) is 14.2. The summed E-state index contributed by atoms with van der Waals surface area (Å²) >= 11 is 0. The molecule has 0 bridgehead atoms. The molecular formula is C30H63N2O7P. The molecule has 0 aromatic rings. The first kappa shape index (κ1) is 39.3. The highest BCUT2D eigenvalue weighted by Crippen LogP contribution is 2.39. The molecule has 0 saturated heterocycles. The second-order valence-electron chi connectivity index (χ2n) is 12.0. The number of carbonyl (C=O) groups is 1. The second kappa shape index (κ2) is 26.0. The van der Waals surface area contributed by atoms with E-state index < -0.39 is 20.0 Å². The van der Waals surface area contributed by atoms with E-state index in [1.165, 1.54) is 110 Å². The Morgan fingerprint density at radius 1 is 0.775 bits per heavy atom. The monoisotopic (exact) mass is 594 g/mol. The highest BCUT2D eigenvalue weighted by Gasteiger charge is 2.21. The molecule has 0 radical (unpaired) electrons. The van der Waals surface area contributed by atoms with Crippen molar-refractivity contribution in [1.29, 1.82) is 0 Å². The van der Waals surface area contributed by atoms with E-state index in [-0.39, 0.29) is 19.8 Å². The number of ether oxygens (including phenoxy) is 2. The smallest absolute Gasteiger partial charge is 0.406 e. The van der Waals surface area contributed by atoms with Crippen LogP contribution in [0.3, 0.4) is 0 Å². The molecular weight excluding hydrogens is 531 g/mol.